The van der Waals surface area contributed by atoms with Crippen LogP contribution in [0.25, 0.3) is 0 Å². The van der Waals surface area contributed by atoms with Crippen molar-refractivity contribution in [3.8, 4) is 0 Å². The topological polar surface area (TPSA) is 69.7 Å². The lowest BCUT2D eigenvalue weighted by Crippen LogP contribution is -2.50. The predicted octanol–water partition coefficient (Wildman–Crippen LogP) is 1.14. The van der Waals surface area contributed by atoms with Crippen molar-refractivity contribution in [2.24, 2.45) is 0 Å². The van der Waals surface area contributed by atoms with Crippen molar-refractivity contribution >= 4 is 17.6 Å². The molecule has 0 aromatic heterocycles. The van der Waals surface area contributed by atoms with Crippen molar-refractivity contribution in [2.75, 3.05) is 39.8 Å². The zero-order chi connectivity index (χ0) is 17.1. The van der Waals surface area contributed by atoms with E-state index in [1.165, 1.54) is 0 Å². The van der Waals surface area contributed by atoms with E-state index in [1.807, 2.05) is 7.05 Å². The van der Waals surface area contributed by atoms with Gasteiger partial charge in [-0.25, -0.2) is 4.79 Å². The Morgan fingerprint density at radius 3 is 2.13 bits per heavy atom. The van der Waals surface area contributed by atoms with Crippen LogP contribution in [-0.2, 0) is 9.59 Å². The molecular formula is C17H25N3O3. The number of urea groups is 1. The molecule has 0 radical (unpaired) electrons. The van der Waals surface area contributed by atoms with Gasteiger partial charge in [-0.3, -0.25) is 9.59 Å². The number of Topliss-reactive ketones (excluding diaryl/α,β-unsaturated/α-hetero) is 2. The van der Waals surface area contributed by atoms with Crippen LogP contribution in [0.1, 0.15) is 27.2 Å². The third-order valence-corrected chi connectivity index (χ3v) is 4.75. The molecule has 1 N–H and O–H groups in total. The van der Waals surface area contributed by atoms with Crippen LogP contribution in [-0.4, -0.2) is 67.2 Å². The van der Waals surface area contributed by atoms with E-state index in [0.29, 0.717) is 48.3 Å². The highest BCUT2D eigenvalue weighted by molar-refractivity contribution is 6.24. The number of piperazine rings is 1. The number of ketones is 2. The van der Waals surface area contributed by atoms with Crippen molar-refractivity contribution in [1.82, 2.24) is 15.1 Å². The molecule has 126 valence electrons. The quantitative estimate of drug-likeness (QED) is 0.792. The van der Waals surface area contributed by atoms with Gasteiger partial charge in [-0.2, -0.15) is 0 Å². The molecule has 1 heterocycles. The smallest absolute Gasteiger partial charge is 0.317 e. The summed E-state index contributed by atoms with van der Waals surface area (Å²) in [5.74, 6) is -0.143. The van der Waals surface area contributed by atoms with Gasteiger partial charge in [0.15, 0.2) is 11.6 Å². The summed E-state index contributed by atoms with van der Waals surface area (Å²) in [4.78, 5) is 40.5. The second-order valence-corrected chi connectivity index (χ2v) is 6.28. The third kappa shape index (κ3) is 3.69. The number of nitrogens with zero attached hydrogens (tertiary/aromatic N) is 2. The predicted molar refractivity (Wildman–Crippen MR) is 88.2 cm³/mol. The zero-order valence-corrected chi connectivity index (χ0v) is 14.4. The van der Waals surface area contributed by atoms with Gasteiger partial charge in [-0.1, -0.05) is 0 Å². The largest absolute Gasteiger partial charge is 0.338 e. The van der Waals surface area contributed by atoms with E-state index in [1.54, 1.807) is 25.7 Å². The Balaban J connectivity index is 1.90. The molecule has 0 aromatic carbocycles. The Hall–Kier alpha value is -1.95. The molecule has 1 saturated heterocycles. The van der Waals surface area contributed by atoms with Crippen molar-refractivity contribution in [2.45, 2.75) is 27.2 Å². The van der Waals surface area contributed by atoms with Crippen molar-refractivity contribution in [3.05, 3.63) is 22.3 Å². The van der Waals surface area contributed by atoms with Gasteiger partial charge in [0.2, 0.25) is 0 Å². The fraction of sp³-hybridized carbons (Fsp3) is 0.588. The maximum Gasteiger partial charge on any atom is 0.317 e. The summed E-state index contributed by atoms with van der Waals surface area (Å²) in [6, 6.07) is -0.102. The van der Waals surface area contributed by atoms with Crippen LogP contribution in [0.5, 0.6) is 0 Å². The third-order valence-electron chi connectivity index (χ3n) is 4.75. The van der Waals surface area contributed by atoms with E-state index < -0.39 is 0 Å². The van der Waals surface area contributed by atoms with Gasteiger partial charge >= 0.3 is 6.03 Å². The SMILES string of the molecule is CC1=C(C)C(=O)C(CCNC(=O)N2CCN(C)CC2)=C(C)C1=O. The average molecular weight is 319 g/mol. The van der Waals surface area contributed by atoms with Crippen LogP contribution in [0.4, 0.5) is 4.79 Å². The van der Waals surface area contributed by atoms with E-state index in [-0.39, 0.29) is 17.6 Å². The van der Waals surface area contributed by atoms with Gasteiger partial charge in [0.25, 0.3) is 0 Å². The minimum Gasteiger partial charge on any atom is -0.338 e. The van der Waals surface area contributed by atoms with Crippen molar-refractivity contribution < 1.29 is 14.4 Å². The lowest BCUT2D eigenvalue weighted by Gasteiger charge is -2.32. The van der Waals surface area contributed by atoms with E-state index in [0.717, 1.165) is 13.1 Å². The molecule has 6 heteroatoms. The van der Waals surface area contributed by atoms with Crippen LogP contribution in [0.2, 0.25) is 0 Å². The van der Waals surface area contributed by atoms with Gasteiger partial charge < -0.3 is 15.1 Å². The van der Waals surface area contributed by atoms with Crippen LogP contribution in [0.15, 0.2) is 22.3 Å². The fourth-order valence-corrected chi connectivity index (χ4v) is 2.87. The summed E-state index contributed by atoms with van der Waals surface area (Å²) in [6.45, 7) is 8.58. The first kappa shape index (κ1) is 17.4. The molecule has 2 amide bonds. The minimum atomic E-state index is -0.102. The summed E-state index contributed by atoms with van der Waals surface area (Å²) in [5.41, 5.74) is 2.07. The van der Waals surface area contributed by atoms with Crippen LogP contribution in [0.3, 0.4) is 0 Å². The number of hydrogen-bond donors (Lipinski definition) is 1. The summed E-state index contributed by atoms with van der Waals surface area (Å²) in [5, 5.41) is 2.85. The second kappa shape index (κ2) is 7.08. The van der Waals surface area contributed by atoms with Gasteiger partial charge in [-0.05, 0) is 34.2 Å². The normalized spacial score (nSPS) is 20.4. The number of likely N-dealkylation sites (N-methyl/N-ethyl adjacent to an activating group) is 1. The van der Waals surface area contributed by atoms with Gasteiger partial charge in [-0.15, -0.1) is 0 Å². The molecule has 0 bridgehead atoms. The number of amides is 2. The molecule has 0 aromatic rings. The Morgan fingerprint density at radius 1 is 0.957 bits per heavy atom. The molecule has 2 rings (SSSR count). The molecule has 0 unspecified atom stereocenters. The number of hydrogen-bond acceptors (Lipinski definition) is 4. The molecule has 1 aliphatic carbocycles. The first-order valence-corrected chi connectivity index (χ1v) is 8.01. The maximum absolute atomic E-state index is 12.3. The Labute approximate surface area is 137 Å². The van der Waals surface area contributed by atoms with Crippen molar-refractivity contribution in [3.63, 3.8) is 0 Å². The van der Waals surface area contributed by atoms with E-state index in [9.17, 15) is 14.4 Å². The van der Waals surface area contributed by atoms with Crippen LogP contribution in [0, 0.1) is 0 Å². The van der Waals surface area contributed by atoms with E-state index in [4.69, 9.17) is 0 Å². The van der Waals surface area contributed by atoms with Crippen LogP contribution >= 0.6 is 0 Å². The molecular weight excluding hydrogens is 294 g/mol. The Kier molecular flexibility index (Phi) is 5.36. The van der Waals surface area contributed by atoms with Gasteiger partial charge in [0.05, 0.1) is 0 Å². The summed E-state index contributed by atoms with van der Waals surface area (Å²) in [7, 11) is 2.04. The Bertz CT molecular complexity index is 596. The monoisotopic (exact) mass is 319 g/mol. The molecule has 1 aliphatic heterocycles. The molecule has 0 atom stereocenters. The van der Waals surface area contributed by atoms with Crippen molar-refractivity contribution in [1.29, 1.82) is 0 Å². The van der Waals surface area contributed by atoms with E-state index in [2.05, 4.69) is 10.2 Å². The standard InChI is InChI=1S/C17H25N3O3/c1-11-12(2)16(22)14(13(3)15(11)21)5-6-18-17(23)20-9-7-19(4)8-10-20/h5-10H2,1-4H3,(H,18,23). The number of nitrogens with one attached hydrogen (secondary N) is 1. The first-order chi connectivity index (χ1) is 10.8. The summed E-state index contributed by atoms with van der Waals surface area (Å²) < 4.78 is 0. The lowest BCUT2D eigenvalue weighted by atomic mass is 9.84. The zero-order valence-electron chi connectivity index (χ0n) is 14.4. The fourth-order valence-electron chi connectivity index (χ4n) is 2.87. The number of carbonyl (C=O) groups excluding carboxylic acids is 3. The highest BCUT2D eigenvalue weighted by Gasteiger charge is 2.27. The molecule has 1 fully saturated rings. The lowest BCUT2D eigenvalue weighted by molar-refractivity contribution is -0.116. The molecule has 0 spiro atoms. The maximum atomic E-state index is 12.3. The van der Waals surface area contributed by atoms with Gasteiger partial charge in [0, 0.05) is 55.0 Å². The van der Waals surface area contributed by atoms with Gasteiger partial charge in [0.1, 0.15) is 0 Å². The number of carbonyl (C=O) groups is 3. The minimum absolute atomic E-state index is 0.0671. The average Bonchev–Trinajstić information content (AvgIpc) is 2.54. The summed E-state index contributed by atoms with van der Waals surface area (Å²) in [6.07, 6.45) is 0.389. The van der Waals surface area contributed by atoms with Crippen LogP contribution < -0.4 is 5.32 Å². The Morgan fingerprint density at radius 2 is 1.52 bits per heavy atom. The highest BCUT2D eigenvalue weighted by atomic mass is 16.2. The highest BCUT2D eigenvalue weighted by Crippen LogP contribution is 2.25. The number of allylic oxidation sites excluding steroid dienone is 3. The molecule has 6 nitrogen and oxygen atoms in total. The van der Waals surface area contributed by atoms with E-state index >= 15 is 0 Å². The summed E-state index contributed by atoms with van der Waals surface area (Å²) >= 11 is 0. The second-order valence-electron chi connectivity index (χ2n) is 6.28. The molecule has 0 saturated carbocycles. The molecule has 23 heavy (non-hydrogen) atoms. The first-order valence-electron chi connectivity index (χ1n) is 8.01. The molecule has 2 aliphatic rings. The number of rotatable bonds is 3.